The zero-order valence-corrected chi connectivity index (χ0v) is 9.77. The highest BCUT2D eigenvalue weighted by atomic mass is 19.1. The predicted molar refractivity (Wildman–Crippen MR) is 62.4 cm³/mol. The van der Waals surface area contributed by atoms with Gasteiger partial charge in [0.1, 0.15) is 11.5 Å². The van der Waals surface area contributed by atoms with Crippen molar-refractivity contribution in [1.82, 2.24) is 9.78 Å². The van der Waals surface area contributed by atoms with Crippen LogP contribution in [0.5, 0.6) is 0 Å². The summed E-state index contributed by atoms with van der Waals surface area (Å²) in [6, 6.07) is 7.82. The summed E-state index contributed by atoms with van der Waals surface area (Å²) < 4.78 is 14.5. The molecule has 0 aliphatic heterocycles. The molecule has 2 rings (SSSR count). The van der Waals surface area contributed by atoms with Crippen molar-refractivity contribution in [2.24, 2.45) is 7.05 Å². The molecule has 0 saturated carbocycles. The van der Waals surface area contributed by atoms with Gasteiger partial charge in [-0.2, -0.15) is 5.10 Å². The molecule has 0 N–H and O–H groups in total. The largest absolute Gasteiger partial charge is 0.292 e. The minimum absolute atomic E-state index is 0.0568. The summed E-state index contributed by atoms with van der Waals surface area (Å²) in [5, 5.41) is 4.11. The van der Waals surface area contributed by atoms with E-state index in [-0.39, 0.29) is 18.0 Å². The molecule has 1 heterocycles. The number of hydrogen-bond acceptors (Lipinski definition) is 2. The Morgan fingerprint density at radius 3 is 2.76 bits per heavy atom. The van der Waals surface area contributed by atoms with Gasteiger partial charge in [0.05, 0.1) is 5.69 Å². The van der Waals surface area contributed by atoms with Crippen molar-refractivity contribution in [3.05, 3.63) is 53.1 Å². The number of Topliss-reactive ketones (excluding diaryl/α,β-unsaturated/α-hetero) is 1. The van der Waals surface area contributed by atoms with Crippen LogP contribution in [-0.4, -0.2) is 15.6 Å². The van der Waals surface area contributed by atoms with Crippen LogP contribution in [-0.2, 0) is 13.5 Å². The maximum atomic E-state index is 13.0. The second-order valence-corrected chi connectivity index (χ2v) is 4.02. The third-order valence-corrected chi connectivity index (χ3v) is 2.54. The lowest BCUT2D eigenvalue weighted by molar-refractivity contribution is 0.0984. The fraction of sp³-hybridized carbons (Fsp3) is 0.231. The lowest BCUT2D eigenvalue weighted by atomic mass is 10.1. The summed E-state index contributed by atoms with van der Waals surface area (Å²) in [6.07, 6.45) is 0.191. The number of nitrogens with zero attached hydrogens (tertiary/aromatic N) is 2. The highest BCUT2D eigenvalue weighted by Gasteiger charge is 2.12. The molecular weight excluding hydrogens is 219 g/mol. The number of carbonyl (C=O) groups excluding carboxylic acids is 1. The number of aromatic nitrogens is 2. The number of rotatable bonds is 3. The van der Waals surface area contributed by atoms with E-state index in [2.05, 4.69) is 5.10 Å². The lowest BCUT2D eigenvalue weighted by Crippen LogP contribution is -2.09. The van der Waals surface area contributed by atoms with E-state index in [0.717, 1.165) is 5.69 Å². The lowest BCUT2D eigenvalue weighted by Gasteiger charge is -2.01. The molecule has 0 aliphatic carbocycles. The Kier molecular flexibility index (Phi) is 3.04. The second-order valence-electron chi connectivity index (χ2n) is 4.02. The molecule has 0 fully saturated rings. The Labute approximate surface area is 98.9 Å². The molecule has 0 spiro atoms. The third-order valence-electron chi connectivity index (χ3n) is 2.54. The first-order valence-electron chi connectivity index (χ1n) is 5.34. The van der Waals surface area contributed by atoms with Crippen LogP contribution in [0, 0.1) is 12.7 Å². The van der Waals surface area contributed by atoms with Crippen LogP contribution in [0.2, 0.25) is 0 Å². The zero-order valence-electron chi connectivity index (χ0n) is 9.77. The highest BCUT2D eigenvalue weighted by Crippen LogP contribution is 2.10. The maximum absolute atomic E-state index is 13.0. The van der Waals surface area contributed by atoms with Gasteiger partial charge in [0, 0.05) is 13.5 Å². The van der Waals surface area contributed by atoms with E-state index in [1.165, 1.54) is 12.1 Å². The van der Waals surface area contributed by atoms with Crippen molar-refractivity contribution < 1.29 is 9.18 Å². The van der Waals surface area contributed by atoms with Gasteiger partial charge < -0.3 is 0 Å². The molecule has 0 aliphatic rings. The van der Waals surface area contributed by atoms with E-state index in [1.807, 2.05) is 6.92 Å². The first kappa shape index (κ1) is 11.5. The molecule has 4 heteroatoms. The fourth-order valence-corrected chi connectivity index (χ4v) is 1.79. The number of halogens is 1. The maximum Gasteiger partial charge on any atom is 0.185 e. The van der Waals surface area contributed by atoms with Gasteiger partial charge in [-0.3, -0.25) is 9.48 Å². The SMILES string of the molecule is Cc1cc(C(=O)Cc2cccc(F)c2)n(C)n1. The summed E-state index contributed by atoms with van der Waals surface area (Å²) in [6.45, 7) is 1.83. The van der Waals surface area contributed by atoms with Gasteiger partial charge in [0.15, 0.2) is 5.78 Å². The van der Waals surface area contributed by atoms with Gasteiger partial charge >= 0.3 is 0 Å². The van der Waals surface area contributed by atoms with Crippen molar-refractivity contribution in [1.29, 1.82) is 0 Å². The molecule has 88 valence electrons. The molecule has 0 radical (unpaired) electrons. The average Bonchev–Trinajstić information content (AvgIpc) is 2.58. The van der Waals surface area contributed by atoms with Crippen LogP contribution < -0.4 is 0 Å². The van der Waals surface area contributed by atoms with E-state index in [1.54, 1.807) is 29.9 Å². The minimum Gasteiger partial charge on any atom is -0.292 e. The van der Waals surface area contributed by atoms with E-state index in [4.69, 9.17) is 0 Å². The summed E-state index contributed by atoms with van der Waals surface area (Å²) in [5.41, 5.74) is 2.02. The first-order valence-corrected chi connectivity index (χ1v) is 5.34. The summed E-state index contributed by atoms with van der Waals surface area (Å²) in [7, 11) is 1.73. The molecule has 0 saturated heterocycles. The number of benzene rings is 1. The van der Waals surface area contributed by atoms with Crippen molar-refractivity contribution in [3.63, 3.8) is 0 Å². The molecule has 3 nitrogen and oxygen atoms in total. The quantitative estimate of drug-likeness (QED) is 0.761. The minimum atomic E-state index is -0.323. The summed E-state index contributed by atoms with van der Waals surface area (Å²) in [4.78, 5) is 12.0. The molecule has 0 amide bonds. The van der Waals surface area contributed by atoms with Gasteiger partial charge in [-0.15, -0.1) is 0 Å². The van der Waals surface area contributed by atoms with Gasteiger partial charge in [-0.25, -0.2) is 4.39 Å². The van der Waals surface area contributed by atoms with Gasteiger partial charge in [0.2, 0.25) is 0 Å². The van der Waals surface area contributed by atoms with E-state index >= 15 is 0 Å². The van der Waals surface area contributed by atoms with Crippen molar-refractivity contribution in [3.8, 4) is 0 Å². The van der Waals surface area contributed by atoms with E-state index < -0.39 is 0 Å². The van der Waals surface area contributed by atoms with E-state index in [0.29, 0.717) is 11.3 Å². The number of aryl methyl sites for hydroxylation is 2. The van der Waals surface area contributed by atoms with Crippen LogP contribution in [0.25, 0.3) is 0 Å². The molecule has 0 bridgehead atoms. The Hall–Kier alpha value is -1.97. The molecular formula is C13H13FN2O. The van der Waals surface area contributed by atoms with Crippen molar-refractivity contribution in [2.75, 3.05) is 0 Å². The molecule has 0 atom stereocenters. The van der Waals surface area contributed by atoms with Crippen molar-refractivity contribution >= 4 is 5.78 Å². The van der Waals surface area contributed by atoms with Crippen LogP contribution in [0.1, 0.15) is 21.7 Å². The Morgan fingerprint density at radius 1 is 1.41 bits per heavy atom. The standard InChI is InChI=1S/C13H13FN2O/c1-9-6-12(16(2)15-9)13(17)8-10-4-3-5-11(14)7-10/h3-7H,8H2,1-2H3. The van der Waals surface area contributed by atoms with Gasteiger partial charge in [0.25, 0.3) is 0 Å². The normalized spacial score (nSPS) is 10.5. The summed E-state index contributed by atoms with van der Waals surface area (Å²) in [5.74, 6) is -0.379. The number of ketones is 1. The first-order chi connectivity index (χ1) is 8.06. The number of hydrogen-bond donors (Lipinski definition) is 0. The highest BCUT2D eigenvalue weighted by molar-refractivity contribution is 5.96. The summed E-state index contributed by atoms with van der Waals surface area (Å²) >= 11 is 0. The molecule has 1 aromatic carbocycles. The number of carbonyl (C=O) groups is 1. The Bertz CT molecular complexity index is 560. The molecule has 1 aromatic heterocycles. The molecule has 17 heavy (non-hydrogen) atoms. The van der Waals surface area contributed by atoms with Crippen LogP contribution in [0.4, 0.5) is 4.39 Å². The zero-order chi connectivity index (χ0) is 12.4. The van der Waals surface area contributed by atoms with Crippen LogP contribution in [0.3, 0.4) is 0 Å². The Morgan fingerprint density at radius 2 is 2.18 bits per heavy atom. The second kappa shape index (κ2) is 4.49. The Balaban J connectivity index is 2.20. The fourth-order valence-electron chi connectivity index (χ4n) is 1.79. The van der Waals surface area contributed by atoms with Crippen LogP contribution in [0.15, 0.2) is 30.3 Å². The third kappa shape index (κ3) is 2.58. The average molecular weight is 232 g/mol. The van der Waals surface area contributed by atoms with Crippen molar-refractivity contribution in [2.45, 2.75) is 13.3 Å². The predicted octanol–water partition coefficient (Wildman–Crippen LogP) is 2.29. The van der Waals surface area contributed by atoms with Gasteiger partial charge in [-0.1, -0.05) is 12.1 Å². The smallest absolute Gasteiger partial charge is 0.185 e. The van der Waals surface area contributed by atoms with E-state index in [9.17, 15) is 9.18 Å². The van der Waals surface area contributed by atoms with Crippen LogP contribution >= 0.6 is 0 Å². The molecule has 0 unspecified atom stereocenters. The topological polar surface area (TPSA) is 34.9 Å². The van der Waals surface area contributed by atoms with Gasteiger partial charge in [-0.05, 0) is 30.7 Å². The molecule has 2 aromatic rings. The monoisotopic (exact) mass is 232 g/mol.